The quantitative estimate of drug-likeness (QED) is 0.892. The lowest BCUT2D eigenvalue weighted by Gasteiger charge is -2.13. The second-order valence-electron chi connectivity index (χ2n) is 4.09. The number of nitrogens with one attached hydrogen (secondary N) is 2. The van der Waals surface area contributed by atoms with Crippen molar-refractivity contribution in [2.75, 3.05) is 7.11 Å². The van der Waals surface area contributed by atoms with Crippen LogP contribution in [0.4, 0.5) is 0 Å². The number of nitrogens with zero attached hydrogens (tertiary/aromatic N) is 1. The summed E-state index contributed by atoms with van der Waals surface area (Å²) in [7, 11) is 1.68. The summed E-state index contributed by atoms with van der Waals surface area (Å²) in [5, 5.41) is 10.2. The lowest BCUT2D eigenvalue weighted by molar-refractivity contribution is 0.413. The van der Waals surface area contributed by atoms with Gasteiger partial charge in [-0.15, -0.1) is 0 Å². The minimum absolute atomic E-state index is 0.252. The van der Waals surface area contributed by atoms with E-state index < -0.39 is 0 Å². The van der Waals surface area contributed by atoms with Crippen LogP contribution in [-0.2, 0) is 6.54 Å². The molecule has 0 aliphatic heterocycles. The molecule has 5 heteroatoms. The molecule has 96 valence electrons. The maximum absolute atomic E-state index is 5.23. The van der Waals surface area contributed by atoms with E-state index in [1.54, 1.807) is 7.11 Å². The van der Waals surface area contributed by atoms with Crippen molar-refractivity contribution in [3.63, 3.8) is 0 Å². The highest BCUT2D eigenvalue weighted by Gasteiger charge is 2.07. The predicted octanol–water partition coefficient (Wildman–Crippen LogP) is 3.03. The highest BCUT2D eigenvalue weighted by molar-refractivity contribution is 9.10. The second-order valence-corrected chi connectivity index (χ2v) is 4.95. The van der Waals surface area contributed by atoms with E-state index in [-0.39, 0.29) is 6.04 Å². The summed E-state index contributed by atoms with van der Waals surface area (Å²) < 4.78 is 6.30. The van der Waals surface area contributed by atoms with Gasteiger partial charge in [-0.25, -0.2) is 0 Å². The first kappa shape index (κ1) is 13.1. The Labute approximate surface area is 115 Å². The van der Waals surface area contributed by atoms with Crippen molar-refractivity contribution < 1.29 is 4.74 Å². The predicted molar refractivity (Wildman–Crippen MR) is 74.5 cm³/mol. The number of aromatic nitrogens is 2. The van der Waals surface area contributed by atoms with Crippen molar-refractivity contribution in [2.45, 2.75) is 19.5 Å². The first-order chi connectivity index (χ1) is 8.70. The van der Waals surface area contributed by atoms with Crippen molar-refractivity contribution in [2.24, 2.45) is 0 Å². The van der Waals surface area contributed by atoms with Gasteiger partial charge < -0.3 is 10.1 Å². The molecule has 4 nitrogen and oxygen atoms in total. The number of aromatic amines is 1. The zero-order chi connectivity index (χ0) is 13.0. The zero-order valence-electron chi connectivity index (χ0n) is 10.4. The van der Waals surface area contributed by atoms with Gasteiger partial charge >= 0.3 is 0 Å². The molecule has 2 N–H and O–H groups in total. The van der Waals surface area contributed by atoms with E-state index in [0.29, 0.717) is 0 Å². The number of ether oxygens (including phenoxy) is 1. The van der Waals surface area contributed by atoms with Gasteiger partial charge in [0.1, 0.15) is 5.75 Å². The SMILES string of the molecule is COc1ccc(Br)c(CNC(C)c2cn[nH]c2)c1. The van der Waals surface area contributed by atoms with Crippen LogP contribution in [0.1, 0.15) is 24.1 Å². The molecule has 0 saturated heterocycles. The summed E-state index contributed by atoms with van der Waals surface area (Å²) in [5.74, 6) is 0.867. The van der Waals surface area contributed by atoms with Crippen LogP contribution >= 0.6 is 15.9 Å². The maximum atomic E-state index is 5.23. The Balaban J connectivity index is 2.01. The van der Waals surface area contributed by atoms with Gasteiger partial charge in [0.2, 0.25) is 0 Å². The van der Waals surface area contributed by atoms with Crippen molar-refractivity contribution in [1.82, 2.24) is 15.5 Å². The molecular weight excluding hydrogens is 294 g/mol. The largest absolute Gasteiger partial charge is 0.497 e. The molecule has 2 rings (SSSR count). The molecule has 1 unspecified atom stereocenters. The minimum Gasteiger partial charge on any atom is -0.497 e. The number of benzene rings is 1. The molecule has 0 fully saturated rings. The molecular formula is C13H16BrN3O. The molecule has 1 aromatic carbocycles. The Morgan fingerprint density at radius 2 is 2.33 bits per heavy atom. The number of rotatable bonds is 5. The topological polar surface area (TPSA) is 49.9 Å². The maximum Gasteiger partial charge on any atom is 0.119 e. The first-order valence-electron chi connectivity index (χ1n) is 5.75. The summed E-state index contributed by atoms with van der Waals surface area (Å²) in [6.07, 6.45) is 3.73. The van der Waals surface area contributed by atoms with E-state index in [1.807, 2.05) is 30.6 Å². The lowest BCUT2D eigenvalue weighted by atomic mass is 10.1. The fourth-order valence-electron chi connectivity index (χ4n) is 1.69. The number of hydrogen-bond acceptors (Lipinski definition) is 3. The Morgan fingerprint density at radius 1 is 1.50 bits per heavy atom. The van der Waals surface area contributed by atoms with Crippen LogP contribution in [0.15, 0.2) is 35.1 Å². The van der Waals surface area contributed by atoms with E-state index in [9.17, 15) is 0 Å². The Morgan fingerprint density at radius 3 is 3.00 bits per heavy atom. The lowest BCUT2D eigenvalue weighted by Crippen LogP contribution is -2.17. The van der Waals surface area contributed by atoms with Gasteiger partial charge in [-0.1, -0.05) is 15.9 Å². The van der Waals surface area contributed by atoms with Crippen molar-refractivity contribution in [3.8, 4) is 5.75 Å². The normalized spacial score (nSPS) is 12.4. The summed E-state index contributed by atoms with van der Waals surface area (Å²) in [5.41, 5.74) is 2.32. The van der Waals surface area contributed by atoms with Crippen LogP contribution in [0.2, 0.25) is 0 Å². The third-order valence-electron chi connectivity index (χ3n) is 2.87. The van der Waals surface area contributed by atoms with Gasteiger partial charge in [-0.2, -0.15) is 5.10 Å². The summed E-state index contributed by atoms with van der Waals surface area (Å²) in [6.45, 7) is 2.88. The van der Waals surface area contributed by atoms with Crippen LogP contribution in [-0.4, -0.2) is 17.3 Å². The molecule has 0 aliphatic carbocycles. The molecule has 0 spiro atoms. The Kier molecular flexibility index (Phi) is 4.38. The molecule has 2 aromatic rings. The smallest absolute Gasteiger partial charge is 0.119 e. The van der Waals surface area contributed by atoms with Crippen LogP contribution in [0.5, 0.6) is 5.75 Å². The average Bonchev–Trinajstić information content (AvgIpc) is 2.91. The summed E-state index contributed by atoms with van der Waals surface area (Å²) in [6, 6.07) is 6.21. The molecule has 1 heterocycles. The van der Waals surface area contributed by atoms with Gasteiger partial charge in [-0.05, 0) is 30.7 Å². The van der Waals surface area contributed by atoms with Crippen LogP contribution in [0.3, 0.4) is 0 Å². The number of halogens is 1. The van der Waals surface area contributed by atoms with Gasteiger partial charge in [-0.3, -0.25) is 5.10 Å². The number of hydrogen-bond donors (Lipinski definition) is 2. The third-order valence-corrected chi connectivity index (χ3v) is 3.64. The van der Waals surface area contributed by atoms with E-state index >= 15 is 0 Å². The van der Waals surface area contributed by atoms with Crippen molar-refractivity contribution in [3.05, 3.63) is 46.2 Å². The highest BCUT2D eigenvalue weighted by atomic mass is 79.9. The van der Waals surface area contributed by atoms with Crippen molar-refractivity contribution in [1.29, 1.82) is 0 Å². The Bertz CT molecular complexity index is 499. The zero-order valence-corrected chi connectivity index (χ0v) is 12.0. The number of H-pyrrole nitrogens is 1. The van der Waals surface area contributed by atoms with E-state index in [0.717, 1.165) is 22.3 Å². The molecule has 1 atom stereocenters. The number of methoxy groups -OCH3 is 1. The van der Waals surface area contributed by atoms with Gasteiger partial charge in [0.05, 0.1) is 13.3 Å². The fourth-order valence-corrected chi connectivity index (χ4v) is 2.08. The molecule has 1 aromatic heterocycles. The molecule has 0 radical (unpaired) electrons. The molecule has 0 saturated carbocycles. The van der Waals surface area contributed by atoms with E-state index in [4.69, 9.17) is 4.74 Å². The molecule has 18 heavy (non-hydrogen) atoms. The Hall–Kier alpha value is -1.33. The molecule has 0 amide bonds. The molecule has 0 aliphatic rings. The standard InChI is InChI=1S/C13H16BrN3O/c1-9(11-7-16-17-8-11)15-6-10-5-12(18-2)3-4-13(10)14/h3-5,7-9,15H,6H2,1-2H3,(H,16,17). The van der Waals surface area contributed by atoms with Gasteiger partial charge in [0.15, 0.2) is 0 Å². The average molecular weight is 310 g/mol. The van der Waals surface area contributed by atoms with E-state index in [2.05, 4.69) is 38.4 Å². The minimum atomic E-state index is 0.252. The third kappa shape index (κ3) is 3.11. The fraction of sp³-hybridized carbons (Fsp3) is 0.308. The summed E-state index contributed by atoms with van der Waals surface area (Å²) in [4.78, 5) is 0. The monoisotopic (exact) mass is 309 g/mol. The first-order valence-corrected chi connectivity index (χ1v) is 6.54. The van der Waals surface area contributed by atoms with Crippen LogP contribution in [0.25, 0.3) is 0 Å². The second kappa shape index (κ2) is 6.02. The van der Waals surface area contributed by atoms with Crippen LogP contribution in [0, 0.1) is 0 Å². The van der Waals surface area contributed by atoms with Crippen molar-refractivity contribution >= 4 is 15.9 Å². The van der Waals surface area contributed by atoms with Crippen LogP contribution < -0.4 is 10.1 Å². The summed E-state index contributed by atoms with van der Waals surface area (Å²) >= 11 is 3.54. The van der Waals surface area contributed by atoms with Gasteiger partial charge in [0, 0.05) is 28.8 Å². The highest BCUT2D eigenvalue weighted by Crippen LogP contribution is 2.23. The van der Waals surface area contributed by atoms with E-state index in [1.165, 1.54) is 5.56 Å². The molecule has 0 bridgehead atoms. The van der Waals surface area contributed by atoms with Gasteiger partial charge in [0.25, 0.3) is 0 Å².